The summed E-state index contributed by atoms with van der Waals surface area (Å²) in [4.78, 5) is 18.0. The Balaban J connectivity index is 1.83. The molecule has 3 aromatic carbocycles. The summed E-state index contributed by atoms with van der Waals surface area (Å²) in [5.41, 5.74) is 2.15. The smallest absolute Gasteiger partial charge is 0.267 e. The van der Waals surface area contributed by atoms with Gasteiger partial charge in [-0.1, -0.05) is 18.2 Å². The molecule has 0 aliphatic heterocycles. The van der Waals surface area contributed by atoms with E-state index in [0.717, 1.165) is 20.4 Å². The molecule has 152 valence electrons. The number of hydrogen-bond acceptors (Lipinski definition) is 4. The van der Waals surface area contributed by atoms with Gasteiger partial charge >= 0.3 is 0 Å². The third-order valence-corrected chi connectivity index (χ3v) is 5.46. The number of hydrogen-bond donors (Lipinski definition) is 1. The van der Waals surface area contributed by atoms with Gasteiger partial charge < -0.3 is 10.1 Å². The maximum atomic E-state index is 14.8. The van der Waals surface area contributed by atoms with E-state index in [4.69, 9.17) is 4.74 Å². The summed E-state index contributed by atoms with van der Waals surface area (Å²) in [5, 5.41) is 3.64. The second-order valence-electron chi connectivity index (χ2n) is 6.89. The number of methoxy groups -OCH3 is 1. The average molecular weight is 515 g/mol. The minimum absolute atomic E-state index is 0.163. The van der Waals surface area contributed by atoms with E-state index in [0.29, 0.717) is 17.4 Å². The third kappa shape index (κ3) is 4.02. The van der Waals surface area contributed by atoms with E-state index in [1.54, 1.807) is 38.3 Å². The van der Waals surface area contributed by atoms with Gasteiger partial charge in [0.2, 0.25) is 5.95 Å². The first-order chi connectivity index (χ1) is 14.5. The fourth-order valence-corrected chi connectivity index (χ4v) is 3.71. The van der Waals surface area contributed by atoms with Gasteiger partial charge in [-0.25, -0.2) is 13.9 Å². The second kappa shape index (κ2) is 8.43. The van der Waals surface area contributed by atoms with Crippen LogP contribution in [0.1, 0.15) is 11.1 Å². The van der Waals surface area contributed by atoms with Crippen molar-refractivity contribution >= 4 is 39.4 Å². The monoisotopic (exact) mass is 515 g/mol. The second-order valence-corrected chi connectivity index (χ2v) is 8.14. The van der Waals surface area contributed by atoms with Crippen molar-refractivity contribution < 1.29 is 9.13 Å². The standard InChI is InChI=1S/C23H19FIN3O2/c1-14-3-10-21(19(24)11-14)28-22(29)18-12-16(25)6-9-20(18)27-23(28)26-13-15-4-7-17(30-2)8-5-15/h3-12H,13H2,1-2H3,(H,26,27). The zero-order valence-electron chi connectivity index (χ0n) is 16.4. The van der Waals surface area contributed by atoms with Gasteiger partial charge in [-0.05, 0) is 83.1 Å². The highest BCUT2D eigenvalue weighted by Crippen LogP contribution is 2.22. The number of nitrogens with one attached hydrogen (secondary N) is 1. The zero-order valence-corrected chi connectivity index (χ0v) is 18.6. The number of nitrogens with zero attached hydrogens (tertiary/aromatic N) is 2. The van der Waals surface area contributed by atoms with Crippen molar-refractivity contribution in [1.29, 1.82) is 0 Å². The molecule has 0 saturated heterocycles. The Kier molecular flexibility index (Phi) is 5.72. The van der Waals surface area contributed by atoms with Crippen LogP contribution in [0.15, 0.2) is 65.5 Å². The minimum Gasteiger partial charge on any atom is -0.497 e. The van der Waals surface area contributed by atoms with Gasteiger partial charge in [0.25, 0.3) is 5.56 Å². The molecule has 0 bridgehead atoms. The van der Waals surface area contributed by atoms with Crippen molar-refractivity contribution in [2.24, 2.45) is 0 Å². The Bertz CT molecular complexity index is 1290. The van der Waals surface area contributed by atoms with Crippen LogP contribution in [-0.4, -0.2) is 16.7 Å². The predicted molar refractivity (Wildman–Crippen MR) is 125 cm³/mol. The molecule has 0 unspecified atom stereocenters. The van der Waals surface area contributed by atoms with Crippen LogP contribution in [0.25, 0.3) is 16.6 Å². The molecule has 1 N–H and O–H groups in total. The normalized spacial score (nSPS) is 10.9. The van der Waals surface area contributed by atoms with Gasteiger partial charge in [0.05, 0.1) is 23.7 Å². The van der Waals surface area contributed by atoms with Gasteiger partial charge in [-0.2, -0.15) is 0 Å². The number of anilines is 1. The molecule has 0 atom stereocenters. The molecule has 0 spiro atoms. The summed E-state index contributed by atoms with van der Waals surface area (Å²) in [6, 6.07) is 17.8. The van der Waals surface area contributed by atoms with Gasteiger partial charge in [-0.3, -0.25) is 4.79 Å². The molecular weight excluding hydrogens is 496 g/mol. The number of aryl methyl sites for hydroxylation is 1. The molecule has 0 aliphatic carbocycles. The first-order valence-electron chi connectivity index (χ1n) is 9.32. The number of fused-ring (bicyclic) bond motifs is 1. The first kappa shape index (κ1) is 20.3. The first-order valence-corrected chi connectivity index (χ1v) is 10.4. The lowest BCUT2D eigenvalue weighted by Crippen LogP contribution is -2.24. The summed E-state index contributed by atoms with van der Waals surface area (Å²) >= 11 is 2.14. The van der Waals surface area contributed by atoms with Gasteiger partial charge in [0.15, 0.2) is 0 Å². The highest BCUT2D eigenvalue weighted by molar-refractivity contribution is 14.1. The van der Waals surface area contributed by atoms with E-state index in [1.807, 2.05) is 30.3 Å². The molecule has 0 saturated carbocycles. The number of halogens is 2. The maximum absolute atomic E-state index is 14.8. The van der Waals surface area contributed by atoms with Crippen LogP contribution < -0.4 is 15.6 Å². The Morgan fingerprint density at radius 1 is 1.10 bits per heavy atom. The predicted octanol–water partition coefficient (Wildman–Crippen LogP) is 5.06. The Morgan fingerprint density at radius 3 is 2.57 bits per heavy atom. The third-order valence-electron chi connectivity index (χ3n) is 4.78. The summed E-state index contributed by atoms with van der Waals surface area (Å²) in [6.07, 6.45) is 0. The average Bonchev–Trinajstić information content (AvgIpc) is 2.74. The van der Waals surface area contributed by atoms with E-state index in [9.17, 15) is 9.18 Å². The fraction of sp³-hybridized carbons (Fsp3) is 0.130. The molecular formula is C23H19FIN3O2. The summed E-state index contributed by atoms with van der Waals surface area (Å²) in [6.45, 7) is 2.22. The van der Waals surface area contributed by atoms with Gasteiger partial charge in [0.1, 0.15) is 11.6 Å². The largest absolute Gasteiger partial charge is 0.497 e. The fourth-order valence-electron chi connectivity index (χ4n) is 3.22. The van der Waals surface area contributed by atoms with Crippen LogP contribution in [0.2, 0.25) is 0 Å². The minimum atomic E-state index is -0.476. The van der Waals surface area contributed by atoms with Crippen molar-refractivity contribution in [3.63, 3.8) is 0 Å². The lowest BCUT2D eigenvalue weighted by molar-refractivity contribution is 0.414. The maximum Gasteiger partial charge on any atom is 0.267 e. The summed E-state index contributed by atoms with van der Waals surface area (Å²) < 4.78 is 22.2. The van der Waals surface area contributed by atoms with Crippen LogP contribution in [0.3, 0.4) is 0 Å². The number of aromatic nitrogens is 2. The lowest BCUT2D eigenvalue weighted by Gasteiger charge is -2.16. The zero-order chi connectivity index (χ0) is 21.3. The van der Waals surface area contributed by atoms with E-state index in [2.05, 4.69) is 32.9 Å². The molecule has 30 heavy (non-hydrogen) atoms. The van der Waals surface area contributed by atoms with Crippen LogP contribution in [-0.2, 0) is 6.54 Å². The Labute approximate surface area is 186 Å². The highest BCUT2D eigenvalue weighted by atomic mass is 127. The topological polar surface area (TPSA) is 56.1 Å². The van der Waals surface area contributed by atoms with Crippen molar-refractivity contribution in [3.05, 3.63) is 91.5 Å². The van der Waals surface area contributed by atoms with E-state index in [-0.39, 0.29) is 17.2 Å². The molecule has 0 amide bonds. The van der Waals surface area contributed by atoms with Gasteiger partial charge in [0, 0.05) is 10.1 Å². The molecule has 5 nitrogen and oxygen atoms in total. The molecule has 0 fully saturated rings. The van der Waals surface area contributed by atoms with E-state index >= 15 is 0 Å². The Hall–Kier alpha value is -2.94. The van der Waals surface area contributed by atoms with E-state index in [1.165, 1.54) is 10.6 Å². The van der Waals surface area contributed by atoms with Crippen LogP contribution in [0.4, 0.5) is 10.3 Å². The Morgan fingerprint density at radius 2 is 1.87 bits per heavy atom. The molecule has 7 heteroatoms. The number of ether oxygens (including phenoxy) is 1. The summed E-state index contributed by atoms with van der Waals surface area (Å²) in [7, 11) is 1.61. The van der Waals surface area contributed by atoms with Crippen molar-refractivity contribution in [2.75, 3.05) is 12.4 Å². The van der Waals surface area contributed by atoms with Crippen LogP contribution >= 0.6 is 22.6 Å². The van der Waals surface area contributed by atoms with Crippen molar-refractivity contribution in [1.82, 2.24) is 9.55 Å². The highest BCUT2D eigenvalue weighted by Gasteiger charge is 2.16. The van der Waals surface area contributed by atoms with Crippen LogP contribution in [0.5, 0.6) is 5.75 Å². The van der Waals surface area contributed by atoms with Crippen molar-refractivity contribution in [2.45, 2.75) is 13.5 Å². The number of rotatable bonds is 5. The molecule has 0 aliphatic rings. The molecule has 1 heterocycles. The molecule has 1 aromatic heterocycles. The molecule has 0 radical (unpaired) electrons. The molecule has 4 rings (SSSR count). The quantitative estimate of drug-likeness (QED) is 0.378. The van der Waals surface area contributed by atoms with E-state index < -0.39 is 5.82 Å². The SMILES string of the molecule is COc1ccc(CNc2nc3ccc(I)cc3c(=O)n2-c2ccc(C)cc2F)cc1. The van der Waals surface area contributed by atoms with Crippen LogP contribution in [0, 0.1) is 16.3 Å². The molecule has 4 aromatic rings. The summed E-state index contributed by atoms with van der Waals surface area (Å²) in [5.74, 6) is 0.569. The number of benzene rings is 3. The van der Waals surface area contributed by atoms with Gasteiger partial charge in [-0.15, -0.1) is 0 Å². The van der Waals surface area contributed by atoms with Crippen molar-refractivity contribution in [3.8, 4) is 11.4 Å². The lowest BCUT2D eigenvalue weighted by atomic mass is 10.2.